The molecule has 114 valence electrons. The van der Waals surface area contributed by atoms with Gasteiger partial charge in [-0.1, -0.05) is 60.8 Å². The van der Waals surface area contributed by atoms with Crippen LogP contribution in [0.3, 0.4) is 0 Å². The maximum absolute atomic E-state index is 5.73. The van der Waals surface area contributed by atoms with Crippen molar-refractivity contribution in [3.8, 4) is 0 Å². The monoisotopic (exact) mass is 344 g/mol. The summed E-state index contributed by atoms with van der Waals surface area (Å²) in [4.78, 5) is 6.98. The molecule has 0 saturated carbocycles. The van der Waals surface area contributed by atoms with E-state index < -0.39 is 0 Å². The zero-order valence-corrected chi connectivity index (χ0v) is 14.2. The van der Waals surface area contributed by atoms with Gasteiger partial charge in [-0.15, -0.1) is 0 Å². The number of para-hydroxylation sites is 2. The Morgan fingerprint density at radius 3 is 1.38 bits per heavy atom. The Labute approximate surface area is 147 Å². The molecule has 0 bridgehead atoms. The molecule has 0 fully saturated rings. The molecule has 0 aliphatic rings. The molecule has 24 heavy (non-hydrogen) atoms. The number of fused-ring (bicyclic) bond motifs is 4. The summed E-state index contributed by atoms with van der Waals surface area (Å²) in [5.41, 5.74) is 4.12. The summed E-state index contributed by atoms with van der Waals surface area (Å²) in [5.74, 6) is 0. The number of nitrogens with one attached hydrogen (secondary N) is 2. The minimum absolute atomic E-state index is 0.869. The van der Waals surface area contributed by atoms with Gasteiger partial charge in [-0.3, -0.25) is 0 Å². The number of aromatic nitrogens is 2. The molecule has 0 amide bonds. The molecule has 5 rings (SSSR count). The van der Waals surface area contributed by atoms with Crippen molar-refractivity contribution in [1.82, 2.24) is 9.97 Å². The van der Waals surface area contributed by atoms with Gasteiger partial charge in [0.2, 0.25) is 0 Å². The highest BCUT2D eigenvalue weighted by Gasteiger charge is 2.07. The number of rotatable bonds is 0. The molecular formula is C20H12N2S2. The third kappa shape index (κ3) is 1.87. The highest BCUT2D eigenvalue weighted by atomic mass is 32.1. The average Bonchev–Trinajstić information content (AvgIpc) is 2.62. The summed E-state index contributed by atoms with van der Waals surface area (Å²) >= 11 is 11.5. The van der Waals surface area contributed by atoms with Gasteiger partial charge in [0.05, 0.1) is 9.02 Å². The van der Waals surface area contributed by atoms with Crippen molar-refractivity contribution >= 4 is 68.0 Å². The second-order valence-corrected chi connectivity index (χ2v) is 6.76. The van der Waals surface area contributed by atoms with Crippen molar-refractivity contribution in [2.45, 2.75) is 0 Å². The molecule has 0 atom stereocenters. The van der Waals surface area contributed by atoms with Crippen LogP contribution in [-0.4, -0.2) is 9.97 Å². The maximum atomic E-state index is 5.73. The minimum Gasteiger partial charge on any atom is -0.354 e. The van der Waals surface area contributed by atoms with Gasteiger partial charge in [0, 0.05) is 43.6 Å². The van der Waals surface area contributed by atoms with E-state index in [4.69, 9.17) is 24.4 Å². The van der Waals surface area contributed by atoms with E-state index in [0.29, 0.717) is 0 Å². The van der Waals surface area contributed by atoms with E-state index in [1.807, 2.05) is 24.3 Å². The van der Waals surface area contributed by atoms with E-state index in [-0.39, 0.29) is 0 Å². The molecule has 0 aliphatic heterocycles. The number of hydrogen-bond acceptors (Lipinski definition) is 2. The molecular weight excluding hydrogens is 332 g/mol. The molecule has 4 heteroatoms. The Hall–Kier alpha value is -2.56. The summed E-state index contributed by atoms with van der Waals surface area (Å²) < 4.78 is 1.74. The number of pyridine rings is 2. The molecule has 5 aromatic rings. The lowest BCUT2D eigenvalue weighted by molar-refractivity contribution is 1.47. The van der Waals surface area contributed by atoms with Crippen molar-refractivity contribution in [3.63, 3.8) is 0 Å². The van der Waals surface area contributed by atoms with Crippen LogP contribution in [0.2, 0.25) is 0 Å². The second-order valence-electron chi connectivity index (χ2n) is 5.94. The normalized spacial score (nSPS) is 11.7. The predicted octanol–water partition coefficient (Wildman–Crippen LogP) is 6.41. The number of aromatic amines is 2. The molecule has 2 N–H and O–H groups in total. The zero-order valence-electron chi connectivity index (χ0n) is 12.6. The summed E-state index contributed by atoms with van der Waals surface area (Å²) in [7, 11) is 0. The van der Waals surface area contributed by atoms with Crippen molar-refractivity contribution in [3.05, 3.63) is 69.7 Å². The fourth-order valence-electron chi connectivity index (χ4n) is 3.34. The Bertz CT molecular complexity index is 1280. The van der Waals surface area contributed by atoms with Gasteiger partial charge in [-0.05, 0) is 24.3 Å². The van der Waals surface area contributed by atoms with E-state index in [1.165, 1.54) is 0 Å². The van der Waals surface area contributed by atoms with E-state index >= 15 is 0 Å². The standard InChI is InChI=1S/C20H12N2S2/c23-19-11-5-1-3-7-15(11)21-17-10-14-18(9-13(17)19)22-16-8-4-2-6-12(16)20(14)24/h1-10H,(H,21,23)(H,22,24). The predicted molar refractivity (Wildman–Crippen MR) is 107 cm³/mol. The molecule has 0 aliphatic carbocycles. The Kier molecular flexibility index (Phi) is 2.86. The van der Waals surface area contributed by atoms with Crippen molar-refractivity contribution in [2.24, 2.45) is 0 Å². The van der Waals surface area contributed by atoms with Gasteiger partial charge in [0.15, 0.2) is 0 Å². The Morgan fingerprint density at radius 2 is 0.917 bits per heavy atom. The average molecular weight is 344 g/mol. The number of hydrogen-bond donors (Lipinski definition) is 2. The van der Waals surface area contributed by atoms with Gasteiger partial charge in [-0.2, -0.15) is 0 Å². The van der Waals surface area contributed by atoms with Gasteiger partial charge in [0.1, 0.15) is 0 Å². The third-order valence-electron chi connectivity index (χ3n) is 4.53. The van der Waals surface area contributed by atoms with Gasteiger partial charge in [0.25, 0.3) is 0 Å². The van der Waals surface area contributed by atoms with Gasteiger partial charge >= 0.3 is 0 Å². The molecule has 2 heterocycles. The molecule has 2 nitrogen and oxygen atoms in total. The highest BCUT2D eigenvalue weighted by molar-refractivity contribution is 7.72. The minimum atomic E-state index is 0.869. The van der Waals surface area contributed by atoms with Crippen LogP contribution in [0.4, 0.5) is 0 Å². The Balaban J connectivity index is 2.05. The van der Waals surface area contributed by atoms with Gasteiger partial charge in [-0.25, -0.2) is 0 Å². The first-order valence-corrected chi connectivity index (χ1v) is 8.53. The molecule has 2 aromatic heterocycles. The number of benzene rings is 3. The summed E-state index contributed by atoms with van der Waals surface area (Å²) in [6, 6.07) is 20.5. The first kappa shape index (κ1) is 13.8. The van der Waals surface area contributed by atoms with Crippen LogP contribution in [0.5, 0.6) is 0 Å². The first-order chi connectivity index (χ1) is 11.7. The Morgan fingerprint density at radius 1 is 0.500 bits per heavy atom. The second kappa shape index (κ2) is 4.97. The van der Waals surface area contributed by atoms with Crippen molar-refractivity contribution in [2.75, 3.05) is 0 Å². The summed E-state index contributed by atoms with van der Waals surface area (Å²) in [5, 5.41) is 4.21. The maximum Gasteiger partial charge on any atom is 0.0564 e. The topological polar surface area (TPSA) is 31.6 Å². The van der Waals surface area contributed by atoms with Crippen LogP contribution in [0.25, 0.3) is 43.6 Å². The molecule has 0 saturated heterocycles. The van der Waals surface area contributed by atoms with E-state index in [1.54, 1.807) is 0 Å². The van der Waals surface area contributed by atoms with E-state index in [2.05, 4.69) is 46.4 Å². The molecule has 0 unspecified atom stereocenters. The van der Waals surface area contributed by atoms with Crippen LogP contribution in [0.1, 0.15) is 0 Å². The smallest absolute Gasteiger partial charge is 0.0564 e. The van der Waals surface area contributed by atoms with Crippen LogP contribution in [-0.2, 0) is 0 Å². The van der Waals surface area contributed by atoms with Crippen LogP contribution >= 0.6 is 24.4 Å². The molecule has 0 radical (unpaired) electrons. The molecule has 3 aromatic carbocycles. The van der Waals surface area contributed by atoms with Crippen molar-refractivity contribution < 1.29 is 0 Å². The largest absolute Gasteiger partial charge is 0.354 e. The van der Waals surface area contributed by atoms with E-state index in [9.17, 15) is 0 Å². The highest BCUT2D eigenvalue weighted by Crippen LogP contribution is 2.29. The lowest BCUT2D eigenvalue weighted by atomic mass is 10.1. The van der Waals surface area contributed by atoms with Crippen molar-refractivity contribution in [1.29, 1.82) is 0 Å². The molecule has 0 spiro atoms. The van der Waals surface area contributed by atoms with Crippen LogP contribution in [0.15, 0.2) is 60.7 Å². The van der Waals surface area contributed by atoms with E-state index in [0.717, 1.165) is 52.6 Å². The third-order valence-corrected chi connectivity index (χ3v) is 5.41. The first-order valence-electron chi connectivity index (χ1n) is 7.72. The fraction of sp³-hybridized carbons (Fsp3) is 0. The quantitative estimate of drug-likeness (QED) is 0.251. The van der Waals surface area contributed by atoms with Crippen LogP contribution < -0.4 is 0 Å². The van der Waals surface area contributed by atoms with Gasteiger partial charge < -0.3 is 9.97 Å². The lowest BCUT2D eigenvalue weighted by Gasteiger charge is -2.08. The lowest BCUT2D eigenvalue weighted by Crippen LogP contribution is -1.89. The summed E-state index contributed by atoms with van der Waals surface area (Å²) in [6.07, 6.45) is 0. The fourth-order valence-corrected chi connectivity index (χ4v) is 4.04. The SMILES string of the molecule is S=c1c2ccccc2[nH]c2cc3c(=S)c4ccccc4[nH]c3cc12. The zero-order chi connectivity index (χ0) is 16.3. The summed E-state index contributed by atoms with van der Waals surface area (Å²) in [6.45, 7) is 0. The van der Waals surface area contributed by atoms with Crippen LogP contribution in [0, 0.1) is 9.02 Å². The number of H-pyrrole nitrogens is 2.